The van der Waals surface area contributed by atoms with Crippen molar-refractivity contribution in [2.45, 2.75) is 33.1 Å². The van der Waals surface area contributed by atoms with Crippen molar-refractivity contribution in [3.63, 3.8) is 0 Å². The van der Waals surface area contributed by atoms with Crippen molar-refractivity contribution >= 4 is 11.9 Å². The Labute approximate surface area is 78.2 Å². The molecule has 1 aliphatic heterocycles. The molecule has 13 heavy (non-hydrogen) atoms. The standard InChI is InChI=1S/C10H15NO2/c1-10(2)5-3-4-7(10)9-11-6-8(12)13-9/h7H,3-6H2,1-2H3. The highest BCUT2D eigenvalue weighted by molar-refractivity contribution is 5.96. The van der Waals surface area contributed by atoms with E-state index < -0.39 is 0 Å². The number of esters is 1. The number of cyclic esters (lactones) is 1. The molecular weight excluding hydrogens is 166 g/mol. The third kappa shape index (κ3) is 1.47. The minimum absolute atomic E-state index is 0.197. The van der Waals surface area contributed by atoms with Gasteiger partial charge in [0.15, 0.2) is 5.90 Å². The van der Waals surface area contributed by atoms with Crippen molar-refractivity contribution in [2.24, 2.45) is 16.3 Å². The van der Waals surface area contributed by atoms with Gasteiger partial charge in [-0.15, -0.1) is 0 Å². The first kappa shape index (κ1) is 8.73. The average Bonchev–Trinajstić information content (AvgIpc) is 2.56. The Hall–Kier alpha value is -0.860. The molecule has 1 heterocycles. The van der Waals surface area contributed by atoms with Crippen LogP contribution in [0.1, 0.15) is 33.1 Å². The van der Waals surface area contributed by atoms with E-state index in [9.17, 15) is 4.79 Å². The van der Waals surface area contributed by atoms with Crippen molar-refractivity contribution in [3.8, 4) is 0 Å². The molecule has 0 aromatic rings. The minimum atomic E-state index is -0.197. The van der Waals surface area contributed by atoms with Gasteiger partial charge in [-0.2, -0.15) is 0 Å². The molecule has 1 unspecified atom stereocenters. The van der Waals surface area contributed by atoms with Crippen LogP contribution in [0.15, 0.2) is 4.99 Å². The van der Waals surface area contributed by atoms with Gasteiger partial charge < -0.3 is 4.74 Å². The third-order valence-corrected chi connectivity index (χ3v) is 3.14. The van der Waals surface area contributed by atoms with Crippen molar-refractivity contribution in [3.05, 3.63) is 0 Å². The van der Waals surface area contributed by atoms with Gasteiger partial charge >= 0.3 is 5.97 Å². The Morgan fingerprint density at radius 2 is 2.31 bits per heavy atom. The summed E-state index contributed by atoms with van der Waals surface area (Å²) >= 11 is 0. The maximum Gasteiger partial charge on any atom is 0.334 e. The number of hydrogen-bond acceptors (Lipinski definition) is 3. The molecule has 0 N–H and O–H groups in total. The smallest absolute Gasteiger partial charge is 0.334 e. The molecule has 3 nitrogen and oxygen atoms in total. The fourth-order valence-electron chi connectivity index (χ4n) is 2.29. The Morgan fingerprint density at radius 3 is 2.77 bits per heavy atom. The van der Waals surface area contributed by atoms with Crippen molar-refractivity contribution in [1.82, 2.24) is 0 Å². The molecule has 72 valence electrons. The lowest BCUT2D eigenvalue weighted by atomic mass is 9.82. The number of carbonyl (C=O) groups is 1. The van der Waals surface area contributed by atoms with Crippen molar-refractivity contribution < 1.29 is 9.53 Å². The third-order valence-electron chi connectivity index (χ3n) is 3.14. The zero-order chi connectivity index (χ0) is 9.47. The van der Waals surface area contributed by atoms with E-state index in [4.69, 9.17) is 4.74 Å². The summed E-state index contributed by atoms with van der Waals surface area (Å²) in [6.07, 6.45) is 3.53. The number of aliphatic imine (C=N–C) groups is 1. The number of nitrogens with zero attached hydrogens (tertiary/aromatic N) is 1. The first-order valence-electron chi connectivity index (χ1n) is 4.84. The van der Waals surface area contributed by atoms with Crippen LogP contribution >= 0.6 is 0 Å². The van der Waals surface area contributed by atoms with Gasteiger partial charge in [0.25, 0.3) is 0 Å². The molecule has 0 aromatic heterocycles. The van der Waals surface area contributed by atoms with Gasteiger partial charge in [0.2, 0.25) is 0 Å². The molecule has 2 aliphatic rings. The molecule has 0 spiro atoms. The van der Waals surface area contributed by atoms with Crippen molar-refractivity contribution in [2.75, 3.05) is 6.54 Å². The van der Waals surface area contributed by atoms with Gasteiger partial charge in [-0.05, 0) is 18.3 Å². The predicted molar refractivity (Wildman–Crippen MR) is 49.5 cm³/mol. The monoisotopic (exact) mass is 181 g/mol. The van der Waals surface area contributed by atoms with Crippen LogP contribution in [0.4, 0.5) is 0 Å². The van der Waals surface area contributed by atoms with Crippen LogP contribution in [0.3, 0.4) is 0 Å². The van der Waals surface area contributed by atoms with Gasteiger partial charge in [0.1, 0.15) is 6.54 Å². The van der Waals surface area contributed by atoms with Crippen LogP contribution in [-0.4, -0.2) is 18.4 Å². The molecule has 1 atom stereocenters. The molecular formula is C10H15NO2. The summed E-state index contributed by atoms with van der Waals surface area (Å²) in [6.45, 7) is 4.67. The van der Waals surface area contributed by atoms with Crippen LogP contribution in [0, 0.1) is 11.3 Å². The largest absolute Gasteiger partial charge is 0.410 e. The van der Waals surface area contributed by atoms with E-state index in [0.717, 1.165) is 6.42 Å². The van der Waals surface area contributed by atoms with E-state index >= 15 is 0 Å². The molecule has 3 heteroatoms. The van der Waals surface area contributed by atoms with E-state index in [1.807, 2.05) is 0 Å². The van der Waals surface area contributed by atoms with E-state index in [1.54, 1.807) is 0 Å². The van der Waals surface area contributed by atoms with Crippen LogP contribution < -0.4 is 0 Å². The Bertz CT molecular complexity index is 268. The molecule has 0 amide bonds. The first-order chi connectivity index (χ1) is 6.09. The number of ether oxygens (including phenoxy) is 1. The molecule has 1 saturated carbocycles. The lowest BCUT2D eigenvalue weighted by molar-refractivity contribution is -0.132. The predicted octanol–water partition coefficient (Wildman–Crippen LogP) is 1.77. The fraction of sp³-hybridized carbons (Fsp3) is 0.800. The normalized spacial score (nSPS) is 31.7. The Morgan fingerprint density at radius 1 is 1.54 bits per heavy atom. The molecule has 0 saturated heterocycles. The molecule has 2 rings (SSSR count). The van der Waals surface area contributed by atoms with Gasteiger partial charge in [-0.3, -0.25) is 0 Å². The Kier molecular flexibility index (Phi) is 1.90. The van der Waals surface area contributed by atoms with Crippen LogP contribution in [0.25, 0.3) is 0 Å². The minimum Gasteiger partial charge on any atom is -0.410 e. The van der Waals surface area contributed by atoms with E-state index in [0.29, 0.717) is 11.8 Å². The zero-order valence-electron chi connectivity index (χ0n) is 8.17. The maximum absolute atomic E-state index is 10.9. The highest BCUT2D eigenvalue weighted by Gasteiger charge is 2.40. The molecule has 1 aliphatic carbocycles. The second kappa shape index (κ2) is 2.82. The second-order valence-electron chi connectivity index (χ2n) is 4.56. The van der Waals surface area contributed by atoms with E-state index in [2.05, 4.69) is 18.8 Å². The first-order valence-corrected chi connectivity index (χ1v) is 4.84. The molecule has 0 aromatic carbocycles. The average molecular weight is 181 g/mol. The number of carbonyl (C=O) groups excluding carboxylic acids is 1. The van der Waals surface area contributed by atoms with E-state index in [1.165, 1.54) is 12.8 Å². The fourth-order valence-corrected chi connectivity index (χ4v) is 2.29. The number of hydrogen-bond donors (Lipinski definition) is 0. The lowest BCUT2D eigenvalue weighted by Crippen LogP contribution is -2.26. The highest BCUT2D eigenvalue weighted by atomic mass is 16.6. The summed E-state index contributed by atoms with van der Waals surface area (Å²) in [5, 5.41) is 0. The van der Waals surface area contributed by atoms with Crippen molar-refractivity contribution in [1.29, 1.82) is 0 Å². The summed E-state index contributed by atoms with van der Waals surface area (Å²) in [5.41, 5.74) is 0.253. The summed E-state index contributed by atoms with van der Waals surface area (Å²) in [7, 11) is 0. The summed E-state index contributed by atoms with van der Waals surface area (Å²) in [4.78, 5) is 15.0. The number of rotatable bonds is 1. The highest BCUT2D eigenvalue weighted by Crippen LogP contribution is 2.43. The molecule has 1 fully saturated rings. The van der Waals surface area contributed by atoms with Crippen LogP contribution in [0.2, 0.25) is 0 Å². The SMILES string of the molecule is CC1(C)CCCC1C1=NCC(=O)O1. The topological polar surface area (TPSA) is 38.7 Å². The van der Waals surface area contributed by atoms with Crippen LogP contribution in [0.5, 0.6) is 0 Å². The van der Waals surface area contributed by atoms with E-state index in [-0.39, 0.29) is 17.9 Å². The van der Waals surface area contributed by atoms with Gasteiger partial charge in [0, 0.05) is 5.92 Å². The summed E-state index contributed by atoms with van der Waals surface area (Å²) < 4.78 is 5.09. The quantitative estimate of drug-likeness (QED) is 0.578. The zero-order valence-corrected chi connectivity index (χ0v) is 8.17. The maximum atomic E-state index is 10.9. The van der Waals surface area contributed by atoms with Gasteiger partial charge in [-0.1, -0.05) is 20.3 Å². The molecule has 0 radical (unpaired) electrons. The summed E-state index contributed by atoms with van der Waals surface area (Å²) in [6, 6.07) is 0. The van der Waals surface area contributed by atoms with Crippen LogP contribution in [-0.2, 0) is 9.53 Å². The van der Waals surface area contributed by atoms with Gasteiger partial charge in [0.05, 0.1) is 0 Å². The Balaban J connectivity index is 2.13. The van der Waals surface area contributed by atoms with Gasteiger partial charge in [-0.25, -0.2) is 9.79 Å². The molecule has 0 bridgehead atoms. The second-order valence-corrected chi connectivity index (χ2v) is 4.56. The lowest BCUT2D eigenvalue weighted by Gasteiger charge is -2.25. The summed E-state index contributed by atoms with van der Waals surface area (Å²) in [5.74, 6) is 0.851.